The second kappa shape index (κ2) is 9.47. The summed E-state index contributed by atoms with van der Waals surface area (Å²) in [7, 11) is 1.62. The number of hydrogen-bond donors (Lipinski definition) is 2. The molecule has 0 spiro atoms. The van der Waals surface area contributed by atoms with Crippen LogP contribution in [0.3, 0.4) is 0 Å². The number of carbonyl (C=O) groups excluding carboxylic acids is 1. The summed E-state index contributed by atoms with van der Waals surface area (Å²) in [6.45, 7) is 0.244. The van der Waals surface area contributed by atoms with Gasteiger partial charge in [-0.2, -0.15) is 18.3 Å². The fraction of sp³-hybridized carbons (Fsp3) is 0.222. The van der Waals surface area contributed by atoms with Crippen LogP contribution < -0.4 is 5.56 Å². The summed E-state index contributed by atoms with van der Waals surface area (Å²) in [5, 5.41) is 17.3. The molecule has 1 amide bonds. The Labute approximate surface area is 233 Å². The van der Waals surface area contributed by atoms with Crippen LogP contribution in [0.1, 0.15) is 28.8 Å². The van der Waals surface area contributed by atoms with E-state index in [9.17, 15) is 32.7 Å². The molecule has 2 aromatic carbocycles. The highest BCUT2D eigenvalue weighted by atomic mass is 35.5. The minimum atomic E-state index is -4.61. The van der Waals surface area contributed by atoms with Crippen LogP contribution in [0.2, 0.25) is 5.02 Å². The summed E-state index contributed by atoms with van der Waals surface area (Å²) in [6, 6.07) is 7.82. The van der Waals surface area contributed by atoms with E-state index in [-0.39, 0.29) is 45.0 Å². The van der Waals surface area contributed by atoms with E-state index in [0.717, 1.165) is 16.8 Å². The summed E-state index contributed by atoms with van der Waals surface area (Å²) in [5.74, 6) is -1.71. The molecule has 2 N–H and O–H groups in total. The standard InChI is InChI=1S/C27H20ClF3N6O4/c1-35-23-17(12-32-35)22-20(21(33-23)13-4-2-5-14(10-13)27(29,30)31)25(39)37(34-22)15-7-8-18(28)16(11-15)24(38)36-9-3-6-19(36)26(40)41/h2,4-5,7-8,10-12,19,34H,3,6,9H2,1H3,(H,40,41). The highest BCUT2D eigenvalue weighted by Gasteiger charge is 2.35. The smallest absolute Gasteiger partial charge is 0.416 e. The van der Waals surface area contributed by atoms with Gasteiger partial charge in [-0.1, -0.05) is 23.7 Å². The number of aromatic nitrogens is 5. The van der Waals surface area contributed by atoms with E-state index in [1.54, 1.807) is 7.05 Å². The van der Waals surface area contributed by atoms with Crippen molar-refractivity contribution in [3.63, 3.8) is 0 Å². The van der Waals surface area contributed by atoms with Crippen LogP contribution in [0.15, 0.2) is 53.5 Å². The van der Waals surface area contributed by atoms with Crippen molar-refractivity contribution in [2.24, 2.45) is 7.05 Å². The molecule has 0 saturated carbocycles. The Bertz CT molecular complexity index is 1940. The molecule has 1 atom stereocenters. The predicted molar refractivity (Wildman–Crippen MR) is 143 cm³/mol. The van der Waals surface area contributed by atoms with E-state index in [1.807, 2.05) is 0 Å². The van der Waals surface area contributed by atoms with Crippen LogP contribution >= 0.6 is 11.6 Å². The first kappa shape index (κ1) is 26.6. The number of carboxylic acids is 1. The minimum Gasteiger partial charge on any atom is -0.480 e. The van der Waals surface area contributed by atoms with Crippen molar-refractivity contribution in [2.75, 3.05) is 6.54 Å². The molecule has 0 aliphatic carbocycles. The normalized spacial score (nSPS) is 15.7. The number of nitrogens with one attached hydrogen (secondary N) is 1. The van der Waals surface area contributed by atoms with Crippen molar-refractivity contribution in [1.82, 2.24) is 29.4 Å². The predicted octanol–water partition coefficient (Wildman–Crippen LogP) is 4.63. The van der Waals surface area contributed by atoms with E-state index in [4.69, 9.17) is 11.6 Å². The number of aliphatic carboxylic acids is 1. The Morgan fingerprint density at radius 1 is 1.17 bits per heavy atom. The molecule has 1 saturated heterocycles. The number of aryl methyl sites for hydroxylation is 1. The van der Waals surface area contributed by atoms with E-state index in [2.05, 4.69) is 15.2 Å². The number of carbonyl (C=O) groups is 2. The Kier molecular flexibility index (Phi) is 6.14. The molecule has 1 fully saturated rings. The largest absolute Gasteiger partial charge is 0.480 e. The lowest BCUT2D eigenvalue weighted by molar-refractivity contribution is -0.141. The molecular weight excluding hydrogens is 565 g/mol. The number of hydrogen-bond acceptors (Lipinski definition) is 5. The molecule has 4 heterocycles. The lowest BCUT2D eigenvalue weighted by Crippen LogP contribution is -2.40. The molecule has 3 aromatic heterocycles. The summed E-state index contributed by atoms with van der Waals surface area (Å²) >= 11 is 6.34. The number of H-pyrrole nitrogens is 1. The van der Waals surface area contributed by atoms with Gasteiger partial charge in [0.15, 0.2) is 5.65 Å². The second-order valence-electron chi connectivity index (χ2n) is 9.71. The molecule has 0 radical (unpaired) electrons. The maximum absolute atomic E-state index is 13.9. The highest BCUT2D eigenvalue weighted by molar-refractivity contribution is 6.34. The number of fused-ring (bicyclic) bond motifs is 3. The molecule has 1 aliphatic heterocycles. The van der Waals surface area contributed by atoms with E-state index >= 15 is 0 Å². The van der Waals surface area contributed by atoms with Gasteiger partial charge in [0.05, 0.1) is 50.0 Å². The van der Waals surface area contributed by atoms with Crippen LogP contribution in [0.4, 0.5) is 13.2 Å². The summed E-state index contributed by atoms with van der Waals surface area (Å²) < 4.78 is 43.1. The molecule has 0 bridgehead atoms. The number of rotatable bonds is 4. The fourth-order valence-electron chi connectivity index (χ4n) is 5.22. The molecule has 14 heteroatoms. The van der Waals surface area contributed by atoms with Gasteiger partial charge in [-0.3, -0.25) is 19.4 Å². The van der Waals surface area contributed by atoms with Gasteiger partial charge in [-0.25, -0.2) is 14.5 Å². The van der Waals surface area contributed by atoms with Gasteiger partial charge in [0.1, 0.15) is 6.04 Å². The first-order chi connectivity index (χ1) is 19.5. The second-order valence-corrected chi connectivity index (χ2v) is 10.1. The molecular formula is C27H20ClF3N6O4. The third-order valence-corrected chi connectivity index (χ3v) is 7.55. The zero-order valence-corrected chi connectivity index (χ0v) is 22.0. The van der Waals surface area contributed by atoms with Crippen LogP contribution in [-0.4, -0.2) is 59.0 Å². The van der Waals surface area contributed by atoms with E-state index < -0.39 is 35.2 Å². The van der Waals surface area contributed by atoms with Gasteiger partial charge in [0.2, 0.25) is 0 Å². The number of nitrogens with zero attached hydrogens (tertiary/aromatic N) is 5. The quantitative estimate of drug-likeness (QED) is 0.317. The summed E-state index contributed by atoms with van der Waals surface area (Å²) in [5.41, 5.74) is -0.592. The zero-order chi connectivity index (χ0) is 29.2. The maximum Gasteiger partial charge on any atom is 0.416 e. The van der Waals surface area contributed by atoms with Crippen LogP contribution in [0.5, 0.6) is 0 Å². The number of alkyl halides is 3. The topological polar surface area (TPSA) is 126 Å². The number of likely N-dealkylation sites (tertiary alicyclic amines) is 1. The molecule has 5 aromatic rings. The van der Waals surface area contributed by atoms with Gasteiger partial charge < -0.3 is 10.0 Å². The van der Waals surface area contributed by atoms with Crippen LogP contribution in [0.25, 0.3) is 38.9 Å². The zero-order valence-electron chi connectivity index (χ0n) is 21.2. The minimum absolute atomic E-state index is 0.00521. The molecule has 210 valence electrons. The molecule has 41 heavy (non-hydrogen) atoms. The van der Waals surface area contributed by atoms with Gasteiger partial charge in [-0.15, -0.1) is 0 Å². The number of benzene rings is 2. The number of carboxylic acid groups (broad SMARTS) is 1. The summed E-state index contributed by atoms with van der Waals surface area (Å²) in [6.07, 6.45) is -2.29. The Hall–Kier alpha value is -4.65. The molecule has 10 nitrogen and oxygen atoms in total. The van der Waals surface area contributed by atoms with Crippen molar-refractivity contribution in [2.45, 2.75) is 25.1 Å². The van der Waals surface area contributed by atoms with Crippen molar-refractivity contribution in [3.05, 3.63) is 75.2 Å². The van der Waals surface area contributed by atoms with Crippen molar-refractivity contribution >= 4 is 45.4 Å². The molecule has 6 rings (SSSR count). The van der Waals surface area contributed by atoms with Gasteiger partial charge in [-0.05, 0) is 43.2 Å². The Balaban J connectivity index is 1.55. The van der Waals surface area contributed by atoms with Gasteiger partial charge in [0, 0.05) is 19.2 Å². The number of halogens is 4. The summed E-state index contributed by atoms with van der Waals surface area (Å²) in [4.78, 5) is 44.6. The van der Waals surface area contributed by atoms with E-state index in [1.165, 1.54) is 46.1 Å². The highest BCUT2D eigenvalue weighted by Crippen LogP contribution is 2.35. The SMILES string of the molecule is Cn1ncc2c3[nH]n(-c4ccc(Cl)c(C(=O)N5CCCC5C(=O)O)c4)c(=O)c3c(-c3cccc(C(F)(F)F)c3)nc21. The number of pyridine rings is 1. The van der Waals surface area contributed by atoms with Crippen molar-refractivity contribution in [1.29, 1.82) is 0 Å². The van der Waals surface area contributed by atoms with Crippen molar-refractivity contribution < 1.29 is 27.9 Å². The molecule has 1 unspecified atom stereocenters. The van der Waals surface area contributed by atoms with Gasteiger partial charge in [0.25, 0.3) is 11.5 Å². The first-order valence-electron chi connectivity index (χ1n) is 12.4. The monoisotopic (exact) mass is 584 g/mol. The lowest BCUT2D eigenvalue weighted by atomic mass is 10.0. The molecule has 1 aliphatic rings. The fourth-order valence-corrected chi connectivity index (χ4v) is 5.42. The van der Waals surface area contributed by atoms with Crippen LogP contribution in [0, 0.1) is 0 Å². The number of amides is 1. The third-order valence-electron chi connectivity index (χ3n) is 7.22. The average molecular weight is 585 g/mol. The van der Waals surface area contributed by atoms with Crippen LogP contribution in [-0.2, 0) is 18.0 Å². The third kappa shape index (κ3) is 4.32. The van der Waals surface area contributed by atoms with E-state index in [0.29, 0.717) is 23.9 Å². The maximum atomic E-state index is 13.9. The number of aromatic amines is 1. The Morgan fingerprint density at radius 2 is 1.95 bits per heavy atom. The van der Waals surface area contributed by atoms with Gasteiger partial charge >= 0.3 is 12.1 Å². The lowest BCUT2D eigenvalue weighted by Gasteiger charge is -2.22. The first-order valence-corrected chi connectivity index (χ1v) is 12.8. The Morgan fingerprint density at radius 3 is 2.68 bits per heavy atom. The average Bonchev–Trinajstić information content (AvgIpc) is 3.66. The van der Waals surface area contributed by atoms with Crippen molar-refractivity contribution in [3.8, 4) is 16.9 Å².